The zero-order valence-corrected chi connectivity index (χ0v) is 19.4. The first-order valence-electron chi connectivity index (χ1n) is 10.5. The third kappa shape index (κ3) is 4.81. The lowest BCUT2D eigenvalue weighted by molar-refractivity contribution is -0.115. The van der Waals surface area contributed by atoms with Crippen LogP contribution in [0.15, 0.2) is 78.0 Å². The van der Waals surface area contributed by atoms with Gasteiger partial charge in [-0.1, -0.05) is 60.3 Å². The number of hydrogen-bond donors (Lipinski definition) is 1. The topological polar surface area (TPSA) is 83.6 Å². The highest BCUT2D eigenvalue weighted by molar-refractivity contribution is 8.00. The lowest BCUT2D eigenvalue weighted by Gasteiger charge is -2.15. The zero-order valence-electron chi connectivity index (χ0n) is 18.6. The van der Waals surface area contributed by atoms with Crippen molar-refractivity contribution >= 4 is 23.4 Å². The van der Waals surface area contributed by atoms with E-state index in [4.69, 9.17) is 0 Å². The highest BCUT2D eigenvalue weighted by Gasteiger charge is 2.22. The van der Waals surface area contributed by atoms with E-state index in [0.717, 1.165) is 16.8 Å². The summed E-state index contributed by atoms with van der Waals surface area (Å²) in [5, 5.41) is 21.2. The Morgan fingerprint density at radius 1 is 1.00 bits per heavy atom. The van der Waals surface area contributed by atoms with Gasteiger partial charge < -0.3 is 5.32 Å². The smallest absolute Gasteiger partial charge is 0.237 e. The van der Waals surface area contributed by atoms with Crippen LogP contribution >= 0.6 is 11.8 Å². The largest absolute Gasteiger partial charge is 0.324 e. The molecule has 0 radical (unpaired) electrons. The fourth-order valence-electron chi connectivity index (χ4n) is 3.35. The van der Waals surface area contributed by atoms with Crippen LogP contribution in [0.1, 0.15) is 23.6 Å². The molecule has 0 saturated heterocycles. The van der Waals surface area contributed by atoms with Crippen LogP contribution in [-0.2, 0) is 4.79 Å². The molecule has 0 unspecified atom stereocenters. The number of benzene rings is 3. The molecular formula is C26H23N5OS. The maximum absolute atomic E-state index is 12.9. The van der Waals surface area contributed by atoms with E-state index in [1.807, 2.05) is 47.9 Å². The number of aryl methyl sites for hydroxylation is 2. The number of rotatable bonds is 6. The number of carbonyl (C=O) groups excluding carboxylic acids is 1. The van der Waals surface area contributed by atoms with Gasteiger partial charge in [0.15, 0.2) is 11.0 Å². The number of anilines is 1. The standard InChI is InChI=1S/C26H23N5OS/c1-17-13-14-22(15-18(17)2)31-24(20-9-5-4-6-10-20)29-30-26(31)33-19(3)25(32)28-23-12-8-7-11-21(23)16-27/h4-15,19H,1-3H3,(H,28,32)/t19-/m0/s1. The first-order valence-corrected chi connectivity index (χ1v) is 11.4. The summed E-state index contributed by atoms with van der Waals surface area (Å²) >= 11 is 1.33. The second-order valence-corrected chi connectivity index (χ2v) is 8.99. The summed E-state index contributed by atoms with van der Waals surface area (Å²) in [5.41, 5.74) is 5.16. The van der Waals surface area contributed by atoms with E-state index >= 15 is 0 Å². The van der Waals surface area contributed by atoms with Gasteiger partial charge in [-0.25, -0.2) is 0 Å². The maximum atomic E-state index is 12.9. The molecule has 0 aliphatic heterocycles. The number of nitriles is 1. The quantitative estimate of drug-likeness (QED) is 0.387. The van der Waals surface area contributed by atoms with Gasteiger partial charge in [-0.05, 0) is 56.2 Å². The number of carbonyl (C=O) groups is 1. The lowest BCUT2D eigenvalue weighted by atomic mass is 10.1. The summed E-state index contributed by atoms with van der Waals surface area (Å²) in [7, 11) is 0. The summed E-state index contributed by atoms with van der Waals surface area (Å²) in [6.45, 7) is 5.96. The van der Waals surface area contributed by atoms with Gasteiger partial charge in [0.1, 0.15) is 6.07 Å². The van der Waals surface area contributed by atoms with E-state index in [-0.39, 0.29) is 5.91 Å². The number of thioether (sulfide) groups is 1. The van der Waals surface area contributed by atoms with Crippen LogP contribution in [0, 0.1) is 25.2 Å². The van der Waals surface area contributed by atoms with Crippen molar-refractivity contribution in [1.29, 1.82) is 5.26 Å². The fraction of sp³-hybridized carbons (Fsp3) is 0.154. The van der Waals surface area contributed by atoms with E-state index in [1.54, 1.807) is 24.3 Å². The SMILES string of the molecule is Cc1ccc(-n2c(S[C@@H](C)C(=O)Nc3ccccc3C#N)nnc2-c2ccccc2)cc1C. The summed E-state index contributed by atoms with van der Waals surface area (Å²) in [4.78, 5) is 12.9. The first-order chi connectivity index (χ1) is 16.0. The lowest BCUT2D eigenvalue weighted by Crippen LogP contribution is -2.23. The predicted molar refractivity (Wildman–Crippen MR) is 131 cm³/mol. The molecule has 1 N–H and O–H groups in total. The minimum Gasteiger partial charge on any atom is -0.324 e. The van der Waals surface area contributed by atoms with Crippen molar-refractivity contribution in [2.45, 2.75) is 31.2 Å². The van der Waals surface area contributed by atoms with E-state index in [2.05, 4.69) is 47.6 Å². The van der Waals surface area contributed by atoms with Crippen LogP contribution in [0.3, 0.4) is 0 Å². The molecule has 7 heteroatoms. The second kappa shape index (κ2) is 9.72. The molecule has 0 bridgehead atoms. The molecule has 0 saturated carbocycles. The molecular weight excluding hydrogens is 430 g/mol. The molecule has 0 fully saturated rings. The third-order valence-electron chi connectivity index (χ3n) is 5.37. The second-order valence-electron chi connectivity index (χ2n) is 7.68. The molecule has 0 aliphatic rings. The van der Waals surface area contributed by atoms with Crippen molar-refractivity contribution in [2.75, 3.05) is 5.32 Å². The van der Waals surface area contributed by atoms with Crippen molar-refractivity contribution in [3.63, 3.8) is 0 Å². The number of para-hydroxylation sites is 1. The predicted octanol–water partition coefficient (Wildman–Crippen LogP) is 5.54. The molecule has 164 valence electrons. The van der Waals surface area contributed by atoms with Crippen LogP contribution in [0.25, 0.3) is 17.1 Å². The minimum atomic E-state index is -0.463. The molecule has 3 aromatic carbocycles. The number of amides is 1. The number of hydrogen-bond acceptors (Lipinski definition) is 5. The van der Waals surface area contributed by atoms with Gasteiger partial charge in [-0.2, -0.15) is 5.26 Å². The number of nitrogens with zero attached hydrogens (tertiary/aromatic N) is 4. The summed E-state index contributed by atoms with van der Waals surface area (Å²) < 4.78 is 1.99. The zero-order chi connectivity index (χ0) is 23.4. The van der Waals surface area contributed by atoms with Gasteiger partial charge in [-0.3, -0.25) is 9.36 Å². The van der Waals surface area contributed by atoms with Crippen LogP contribution < -0.4 is 5.32 Å². The van der Waals surface area contributed by atoms with Crippen LogP contribution in [0.4, 0.5) is 5.69 Å². The van der Waals surface area contributed by atoms with E-state index in [9.17, 15) is 10.1 Å². The van der Waals surface area contributed by atoms with Crippen LogP contribution in [0.5, 0.6) is 0 Å². The van der Waals surface area contributed by atoms with Gasteiger partial charge >= 0.3 is 0 Å². The highest BCUT2D eigenvalue weighted by atomic mass is 32.2. The van der Waals surface area contributed by atoms with Crippen LogP contribution in [-0.4, -0.2) is 25.9 Å². The number of aromatic nitrogens is 3. The van der Waals surface area contributed by atoms with Crippen molar-refractivity contribution in [1.82, 2.24) is 14.8 Å². The Balaban J connectivity index is 1.67. The Morgan fingerprint density at radius 2 is 1.73 bits per heavy atom. The molecule has 1 aromatic heterocycles. The van der Waals surface area contributed by atoms with Gasteiger partial charge in [0.05, 0.1) is 22.2 Å². The highest BCUT2D eigenvalue weighted by Crippen LogP contribution is 2.31. The van der Waals surface area contributed by atoms with Gasteiger partial charge in [-0.15, -0.1) is 10.2 Å². The monoisotopic (exact) mass is 453 g/mol. The molecule has 6 nitrogen and oxygen atoms in total. The van der Waals surface area contributed by atoms with E-state index in [0.29, 0.717) is 22.2 Å². The van der Waals surface area contributed by atoms with E-state index in [1.165, 1.54) is 17.3 Å². The minimum absolute atomic E-state index is 0.210. The maximum Gasteiger partial charge on any atom is 0.237 e. The van der Waals surface area contributed by atoms with Crippen molar-refractivity contribution in [2.24, 2.45) is 0 Å². The Labute approximate surface area is 197 Å². The first kappa shape index (κ1) is 22.3. The molecule has 4 rings (SSSR count). The normalized spacial score (nSPS) is 11.6. The Hall–Kier alpha value is -3.89. The van der Waals surface area contributed by atoms with Gasteiger partial charge in [0, 0.05) is 5.56 Å². The number of nitrogens with one attached hydrogen (secondary N) is 1. The van der Waals surface area contributed by atoms with Crippen molar-refractivity contribution < 1.29 is 4.79 Å². The van der Waals surface area contributed by atoms with Crippen molar-refractivity contribution in [3.05, 3.63) is 89.5 Å². The van der Waals surface area contributed by atoms with Crippen LogP contribution in [0.2, 0.25) is 0 Å². The van der Waals surface area contributed by atoms with Crippen molar-refractivity contribution in [3.8, 4) is 23.1 Å². The van der Waals surface area contributed by atoms with Gasteiger partial charge in [0.2, 0.25) is 5.91 Å². The van der Waals surface area contributed by atoms with Gasteiger partial charge in [0.25, 0.3) is 0 Å². The Bertz CT molecular complexity index is 1340. The Kier molecular flexibility index (Phi) is 6.57. The third-order valence-corrected chi connectivity index (χ3v) is 6.41. The molecule has 1 amide bonds. The fourth-order valence-corrected chi connectivity index (χ4v) is 4.22. The summed E-state index contributed by atoms with van der Waals surface area (Å²) in [5.74, 6) is 0.502. The average Bonchev–Trinajstić information content (AvgIpc) is 3.25. The molecule has 0 spiro atoms. The molecule has 33 heavy (non-hydrogen) atoms. The Morgan fingerprint density at radius 3 is 2.45 bits per heavy atom. The average molecular weight is 454 g/mol. The summed E-state index contributed by atoms with van der Waals surface area (Å²) in [6, 6.07) is 25.1. The molecule has 0 aliphatic carbocycles. The summed E-state index contributed by atoms with van der Waals surface area (Å²) in [6.07, 6.45) is 0. The molecule has 4 aromatic rings. The van der Waals surface area contributed by atoms with E-state index < -0.39 is 5.25 Å². The molecule has 1 heterocycles. The molecule has 1 atom stereocenters.